The number of nitrogens with one attached hydrogen (secondary N) is 1. The fourth-order valence-corrected chi connectivity index (χ4v) is 2.80. The highest BCUT2D eigenvalue weighted by molar-refractivity contribution is 7.09. The van der Waals surface area contributed by atoms with E-state index < -0.39 is 0 Å². The van der Waals surface area contributed by atoms with Crippen molar-refractivity contribution >= 4 is 23.4 Å². The number of aryl methyl sites for hydroxylation is 1. The second-order valence-electron chi connectivity index (χ2n) is 4.31. The third-order valence-corrected chi connectivity index (χ3v) is 3.93. The maximum atomic E-state index is 10.8. The molecule has 5 heteroatoms. The van der Waals surface area contributed by atoms with Crippen LogP contribution in [0.25, 0.3) is 0 Å². The van der Waals surface area contributed by atoms with E-state index >= 15 is 0 Å². The monoisotopic (exact) mass is 305 g/mol. The van der Waals surface area contributed by atoms with Crippen molar-refractivity contribution in [2.24, 2.45) is 0 Å². The molecule has 1 atom stereocenters. The van der Waals surface area contributed by atoms with Gasteiger partial charge in [-0.15, -0.1) is 11.3 Å². The molecule has 1 aromatic carbocycles. The van der Waals surface area contributed by atoms with Crippen LogP contribution in [0, 0.1) is 0 Å². The number of nitrogens with zero attached hydrogens (tertiary/aromatic N) is 1. The van der Waals surface area contributed by atoms with Crippen molar-refractivity contribution in [3.63, 3.8) is 0 Å². The smallest absolute Gasteiger partial charge is 0.207 e. The van der Waals surface area contributed by atoms with E-state index in [1.807, 2.05) is 43.5 Å². The number of hydrogen-bond donors (Lipinski definition) is 2. The van der Waals surface area contributed by atoms with Crippen molar-refractivity contribution in [2.75, 3.05) is 5.73 Å². The second-order valence-corrected chi connectivity index (χ2v) is 5.20. The number of hydrogen-bond acceptors (Lipinski definition) is 4. The van der Waals surface area contributed by atoms with Crippen LogP contribution in [0.5, 0.6) is 0 Å². The summed E-state index contributed by atoms with van der Waals surface area (Å²) in [7, 11) is 0. The molecule has 0 unspecified atom stereocenters. The maximum absolute atomic E-state index is 10.8. The van der Waals surface area contributed by atoms with Gasteiger partial charge in [-0.05, 0) is 30.5 Å². The number of carbonyl (C=O) groups is 1. The Labute approximate surface area is 130 Å². The molecule has 0 saturated carbocycles. The number of benzene rings is 1. The first kappa shape index (κ1) is 17.2. The molecule has 0 aliphatic heterocycles. The van der Waals surface area contributed by atoms with Crippen molar-refractivity contribution in [3.05, 3.63) is 45.9 Å². The van der Waals surface area contributed by atoms with Gasteiger partial charge in [0.05, 0.1) is 11.7 Å². The highest BCUT2D eigenvalue weighted by Gasteiger charge is 2.15. The first-order chi connectivity index (χ1) is 10.2. The summed E-state index contributed by atoms with van der Waals surface area (Å²) in [6.45, 7) is 6.07. The van der Waals surface area contributed by atoms with E-state index in [1.54, 1.807) is 11.3 Å². The molecular formula is C16H23N3OS. The van der Waals surface area contributed by atoms with Crippen LogP contribution in [0.3, 0.4) is 0 Å². The predicted octanol–water partition coefficient (Wildman–Crippen LogP) is 3.34. The van der Waals surface area contributed by atoms with Gasteiger partial charge in [-0.1, -0.05) is 32.9 Å². The average Bonchev–Trinajstić information content (AvgIpc) is 3.00. The van der Waals surface area contributed by atoms with Gasteiger partial charge in [0.1, 0.15) is 5.01 Å². The van der Waals surface area contributed by atoms with E-state index in [9.17, 15) is 4.79 Å². The molecule has 0 saturated heterocycles. The molecule has 1 aromatic heterocycles. The SMILES string of the molecule is CC.CCc1csc([C@H](Cc2ccc(N)cc2)NC=O)n1. The summed E-state index contributed by atoms with van der Waals surface area (Å²) in [5.74, 6) is 0. The Morgan fingerprint density at radius 3 is 2.52 bits per heavy atom. The summed E-state index contributed by atoms with van der Waals surface area (Å²) in [5, 5.41) is 5.82. The molecule has 0 bridgehead atoms. The van der Waals surface area contributed by atoms with Gasteiger partial charge in [0.25, 0.3) is 0 Å². The summed E-state index contributed by atoms with van der Waals surface area (Å²) < 4.78 is 0. The van der Waals surface area contributed by atoms with Crippen molar-refractivity contribution in [1.82, 2.24) is 10.3 Å². The normalized spacial score (nSPS) is 11.2. The van der Waals surface area contributed by atoms with Crippen LogP contribution in [0.15, 0.2) is 29.6 Å². The summed E-state index contributed by atoms with van der Waals surface area (Å²) in [6.07, 6.45) is 2.36. The van der Waals surface area contributed by atoms with Crippen LogP contribution < -0.4 is 11.1 Å². The minimum atomic E-state index is -0.0774. The molecule has 1 heterocycles. The van der Waals surface area contributed by atoms with E-state index in [0.717, 1.165) is 41.2 Å². The number of nitrogens with two attached hydrogens (primary N) is 1. The Morgan fingerprint density at radius 1 is 1.33 bits per heavy atom. The van der Waals surface area contributed by atoms with Crippen molar-refractivity contribution in [1.29, 1.82) is 0 Å². The van der Waals surface area contributed by atoms with E-state index in [-0.39, 0.29) is 6.04 Å². The number of nitrogen functional groups attached to an aromatic ring is 1. The Kier molecular flexibility index (Phi) is 7.46. The highest BCUT2D eigenvalue weighted by Crippen LogP contribution is 2.22. The highest BCUT2D eigenvalue weighted by atomic mass is 32.1. The van der Waals surface area contributed by atoms with Crippen molar-refractivity contribution in [2.45, 2.75) is 39.7 Å². The maximum Gasteiger partial charge on any atom is 0.207 e. The number of thiazole rings is 1. The number of rotatable bonds is 6. The molecule has 114 valence electrons. The van der Waals surface area contributed by atoms with Crippen LogP contribution in [-0.2, 0) is 17.6 Å². The van der Waals surface area contributed by atoms with E-state index in [4.69, 9.17) is 5.73 Å². The summed E-state index contributed by atoms with van der Waals surface area (Å²) in [4.78, 5) is 15.3. The van der Waals surface area contributed by atoms with Crippen LogP contribution in [0.1, 0.15) is 43.1 Å². The van der Waals surface area contributed by atoms with Gasteiger partial charge in [-0.25, -0.2) is 4.98 Å². The fraction of sp³-hybridized carbons (Fsp3) is 0.375. The van der Waals surface area contributed by atoms with E-state index in [1.165, 1.54) is 0 Å². The molecule has 0 radical (unpaired) electrons. The largest absolute Gasteiger partial charge is 0.399 e. The van der Waals surface area contributed by atoms with Crippen LogP contribution in [-0.4, -0.2) is 11.4 Å². The summed E-state index contributed by atoms with van der Waals surface area (Å²) in [5.41, 5.74) is 8.60. The van der Waals surface area contributed by atoms with E-state index in [2.05, 4.69) is 17.2 Å². The predicted molar refractivity (Wildman–Crippen MR) is 89.3 cm³/mol. The first-order valence-electron chi connectivity index (χ1n) is 7.21. The number of amides is 1. The van der Waals surface area contributed by atoms with Gasteiger partial charge in [-0.3, -0.25) is 4.79 Å². The molecule has 0 spiro atoms. The van der Waals surface area contributed by atoms with Gasteiger partial charge in [0.2, 0.25) is 6.41 Å². The molecule has 2 aromatic rings. The lowest BCUT2D eigenvalue weighted by Gasteiger charge is -2.13. The molecule has 2 rings (SSSR count). The van der Waals surface area contributed by atoms with E-state index in [0.29, 0.717) is 0 Å². The fourth-order valence-electron chi connectivity index (χ4n) is 1.83. The molecule has 3 N–H and O–H groups in total. The van der Waals surface area contributed by atoms with Crippen LogP contribution in [0.4, 0.5) is 5.69 Å². The lowest BCUT2D eigenvalue weighted by molar-refractivity contribution is -0.110. The lowest BCUT2D eigenvalue weighted by atomic mass is 10.1. The van der Waals surface area contributed by atoms with Gasteiger partial charge in [-0.2, -0.15) is 0 Å². The minimum absolute atomic E-state index is 0.0774. The second kappa shape index (κ2) is 9.13. The standard InChI is InChI=1S/C14H17N3OS.C2H6/c1-2-12-8-19-14(17-12)13(16-9-18)7-10-3-5-11(15)6-4-10;1-2/h3-6,8-9,13H,2,7,15H2,1H3,(H,16,18);1-2H3/t13-;/m0./s1. The first-order valence-corrected chi connectivity index (χ1v) is 8.09. The zero-order chi connectivity index (χ0) is 15.7. The third-order valence-electron chi connectivity index (χ3n) is 2.92. The van der Waals surface area contributed by atoms with Crippen molar-refractivity contribution < 1.29 is 4.79 Å². The zero-order valence-corrected chi connectivity index (χ0v) is 13.6. The van der Waals surface area contributed by atoms with Gasteiger partial charge in [0.15, 0.2) is 0 Å². The third kappa shape index (κ3) is 5.19. The minimum Gasteiger partial charge on any atom is -0.399 e. The average molecular weight is 305 g/mol. The van der Waals surface area contributed by atoms with Crippen molar-refractivity contribution in [3.8, 4) is 0 Å². The Balaban J connectivity index is 0.00000106. The number of anilines is 1. The van der Waals surface area contributed by atoms with Gasteiger partial charge >= 0.3 is 0 Å². The number of aromatic nitrogens is 1. The van der Waals surface area contributed by atoms with Gasteiger partial charge in [0, 0.05) is 11.1 Å². The van der Waals surface area contributed by atoms with Crippen LogP contribution in [0.2, 0.25) is 0 Å². The molecule has 0 aliphatic rings. The lowest BCUT2D eigenvalue weighted by Crippen LogP contribution is -2.21. The van der Waals surface area contributed by atoms with Crippen LogP contribution >= 0.6 is 11.3 Å². The molecule has 4 nitrogen and oxygen atoms in total. The number of carbonyl (C=O) groups excluding carboxylic acids is 1. The molecule has 1 amide bonds. The van der Waals surface area contributed by atoms with Gasteiger partial charge < -0.3 is 11.1 Å². The molecule has 21 heavy (non-hydrogen) atoms. The Bertz CT molecular complexity index is 537. The summed E-state index contributed by atoms with van der Waals surface area (Å²) in [6, 6.07) is 7.61. The molecular weight excluding hydrogens is 282 g/mol. The Morgan fingerprint density at radius 2 is 2.00 bits per heavy atom. The molecule has 0 aliphatic carbocycles. The quantitative estimate of drug-likeness (QED) is 0.635. The zero-order valence-electron chi connectivity index (χ0n) is 12.8. The summed E-state index contributed by atoms with van der Waals surface area (Å²) >= 11 is 1.59. The Hall–Kier alpha value is -1.88. The topological polar surface area (TPSA) is 68.0 Å². The molecule has 0 fully saturated rings.